The van der Waals surface area contributed by atoms with E-state index in [-0.39, 0.29) is 54.2 Å². The number of hydrogen-bond donors (Lipinski definition) is 1. The summed E-state index contributed by atoms with van der Waals surface area (Å²) in [6.07, 6.45) is 1.19. The molecule has 0 saturated carbocycles. The Balaban J connectivity index is 1.55. The van der Waals surface area contributed by atoms with Crippen LogP contribution in [0.1, 0.15) is 54.6 Å². The smallest absolute Gasteiger partial charge is 0.269 e. The first-order chi connectivity index (χ1) is 19.2. The number of carbonyl (C=O) groups is 3. The fraction of sp³-hybridized carbons (Fsp3) is 0.323. The van der Waals surface area contributed by atoms with E-state index in [1.54, 1.807) is 17.0 Å². The molecule has 0 unspecified atom stereocenters. The standard InChI is InChI=1S/C31H35N3O5S/c1-3-23(2)32-30(36)27(21-24-13-6-4-7-14-24)33(22-25-15-8-5-9-16-25)29(35)19-12-20-34-31(37)26-17-10-11-18-28(26)40(34,38)39/h4-11,13-18,23,27H,3,12,19-22H2,1-2H3,(H,32,36)/t23-,27+/m1/s1. The van der Waals surface area contributed by atoms with Crippen molar-refractivity contribution >= 4 is 27.7 Å². The lowest BCUT2D eigenvalue weighted by molar-refractivity contribution is -0.141. The van der Waals surface area contributed by atoms with E-state index >= 15 is 0 Å². The van der Waals surface area contributed by atoms with Crippen LogP contribution in [-0.4, -0.2) is 54.0 Å². The number of rotatable bonds is 12. The third-order valence-corrected chi connectivity index (χ3v) is 8.97. The summed E-state index contributed by atoms with van der Waals surface area (Å²) in [4.78, 5) is 41.7. The van der Waals surface area contributed by atoms with Crippen LogP contribution in [0.15, 0.2) is 89.8 Å². The molecule has 1 N–H and O–H groups in total. The first kappa shape index (κ1) is 29.0. The highest BCUT2D eigenvalue weighted by atomic mass is 32.2. The molecule has 1 aliphatic heterocycles. The predicted molar refractivity (Wildman–Crippen MR) is 153 cm³/mol. The first-order valence-corrected chi connectivity index (χ1v) is 15.0. The van der Waals surface area contributed by atoms with Crippen molar-refractivity contribution in [1.82, 2.24) is 14.5 Å². The van der Waals surface area contributed by atoms with E-state index in [1.807, 2.05) is 74.5 Å². The number of fused-ring (bicyclic) bond motifs is 1. The molecule has 9 heteroatoms. The van der Waals surface area contributed by atoms with Gasteiger partial charge in [0.05, 0.1) is 5.56 Å². The fourth-order valence-electron chi connectivity index (χ4n) is 4.74. The van der Waals surface area contributed by atoms with E-state index < -0.39 is 22.0 Å². The summed E-state index contributed by atoms with van der Waals surface area (Å²) < 4.78 is 26.7. The molecular weight excluding hydrogens is 526 g/mol. The predicted octanol–water partition coefficient (Wildman–Crippen LogP) is 4.17. The molecule has 3 amide bonds. The molecule has 0 aromatic heterocycles. The van der Waals surface area contributed by atoms with Crippen molar-refractivity contribution in [2.45, 2.75) is 63.1 Å². The third kappa shape index (κ3) is 6.59. The number of sulfonamides is 1. The summed E-state index contributed by atoms with van der Waals surface area (Å²) >= 11 is 0. The zero-order chi connectivity index (χ0) is 28.7. The minimum Gasteiger partial charge on any atom is -0.352 e. The SMILES string of the molecule is CC[C@@H](C)NC(=O)[C@H](Cc1ccccc1)N(Cc1ccccc1)C(=O)CCCN1C(=O)c2ccccc2S1(=O)=O. The van der Waals surface area contributed by atoms with Gasteiger partial charge in [0.2, 0.25) is 11.8 Å². The Hall–Kier alpha value is -3.98. The lowest BCUT2D eigenvalue weighted by Gasteiger charge is -2.32. The minimum atomic E-state index is -3.95. The fourth-order valence-corrected chi connectivity index (χ4v) is 6.35. The van der Waals surface area contributed by atoms with Gasteiger partial charge in [-0.15, -0.1) is 0 Å². The molecular formula is C31H35N3O5S. The van der Waals surface area contributed by atoms with E-state index in [1.165, 1.54) is 12.1 Å². The summed E-state index contributed by atoms with van der Waals surface area (Å²) in [7, 11) is -3.95. The van der Waals surface area contributed by atoms with E-state index in [4.69, 9.17) is 0 Å². The molecule has 0 aliphatic carbocycles. The van der Waals surface area contributed by atoms with Gasteiger partial charge >= 0.3 is 0 Å². The van der Waals surface area contributed by atoms with Crippen molar-refractivity contribution in [3.63, 3.8) is 0 Å². The van der Waals surface area contributed by atoms with Crippen LogP contribution in [0, 0.1) is 0 Å². The number of carbonyl (C=O) groups excluding carboxylic acids is 3. The van der Waals surface area contributed by atoms with E-state index in [2.05, 4.69) is 5.32 Å². The van der Waals surface area contributed by atoms with Crippen molar-refractivity contribution in [2.75, 3.05) is 6.54 Å². The van der Waals surface area contributed by atoms with Gasteiger partial charge in [0.1, 0.15) is 10.9 Å². The summed E-state index contributed by atoms with van der Waals surface area (Å²) in [5, 5.41) is 3.03. The summed E-state index contributed by atoms with van der Waals surface area (Å²) in [5.41, 5.74) is 1.94. The Kier molecular flexibility index (Phi) is 9.37. The third-order valence-electron chi connectivity index (χ3n) is 7.13. The van der Waals surface area contributed by atoms with E-state index in [9.17, 15) is 22.8 Å². The number of benzene rings is 3. The number of hydrogen-bond acceptors (Lipinski definition) is 5. The molecule has 0 fully saturated rings. The van der Waals surface area contributed by atoms with Crippen molar-refractivity contribution < 1.29 is 22.8 Å². The maximum absolute atomic E-state index is 13.8. The molecule has 4 rings (SSSR count). The average molecular weight is 562 g/mol. The van der Waals surface area contributed by atoms with Crippen LogP contribution >= 0.6 is 0 Å². The molecule has 8 nitrogen and oxygen atoms in total. The van der Waals surface area contributed by atoms with Crippen LogP contribution < -0.4 is 5.32 Å². The van der Waals surface area contributed by atoms with Gasteiger partial charge in [0, 0.05) is 32.0 Å². The van der Waals surface area contributed by atoms with Gasteiger partial charge in [0.25, 0.3) is 15.9 Å². The lowest BCUT2D eigenvalue weighted by Crippen LogP contribution is -2.52. The number of nitrogens with zero attached hydrogens (tertiary/aromatic N) is 2. The first-order valence-electron chi connectivity index (χ1n) is 13.6. The zero-order valence-corrected chi connectivity index (χ0v) is 23.6. The summed E-state index contributed by atoms with van der Waals surface area (Å²) in [6, 6.07) is 24.3. The van der Waals surface area contributed by atoms with Crippen LogP contribution in [0.3, 0.4) is 0 Å². The average Bonchev–Trinajstić information content (AvgIpc) is 3.16. The van der Waals surface area contributed by atoms with Crippen LogP contribution in [0.4, 0.5) is 0 Å². The topological polar surface area (TPSA) is 104 Å². The van der Waals surface area contributed by atoms with Gasteiger partial charge in [-0.05, 0) is 43.0 Å². The molecule has 2 atom stereocenters. The molecule has 0 radical (unpaired) electrons. The van der Waals surface area contributed by atoms with Gasteiger partial charge < -0.3 is 10.2 Å². The van der Waals surface area contributed by atoms with Gasteiger partial charge in [-0.1, -0.05) is 79.7 Å². The Labute approximate surface area is 236 Å². The van der Waals surface area contributed by atoms with E-state index in [0.717, 1.165) is 21.9 Å². The van der Waals surface area contributed by atoms with Crippen molar-refractivity contribution in [2.24, 2.45) is 0 Å². The van der Waals surface area contributed by atoms with Gasteiger partial charge in [-0.25, -0.2) is 12.7 Å². The molecule has 3 aromatic carbocycles. The molecule has 0 saturated heterocycles. The molecule has 3 aromatic rings. The highest BCUT2D eigenvalue weighted by Gasteiger charge is 2.40. The largest absolute Gasteiger partial charge is 0.352 e. The maximum atomic E-state index is 13.8. The van der Waals surface area contributed by atoms with Crippen LogP contribution in [0.25, 0.3) is 0 Å². The minimum absolute atomic E-state index is 0.0123. The second kappa shape index (κ2) is 12.9. The highest BCUT2D eigenvalue weighted by molar-refractivity contribution is 7.90. The van der Waals surface area contributed by atoms with Gasteiger partial charge in [-0.3, -0.25) is 14.4 Å². The Morgan fingerprint density at radius 2 is 1.50 bits per heavy atom. The molecule has 0 spiro atoms. The number of nitrogens with one attached hydrogen (secondary N) is 1. The lowest BCUT2D eigenvalue weighted by atomic mass is 10.0. The molecule has 0 bridgehead atoms. The molecule has 1 aliphatic rings. The molecule has 210 valence electrons. The summed E-state index contributed by atoms with van der Waals surface area (Å²) in [6.45, 7) is 4.00. The van der Waals surface area contributed by atoms with Crippen molar-refractivity contribution in [3.8, 4) is 0 Å². The Morgan fingerprint density at radius 1 is 0.900 bits per heavy atom. The molecule has 40 heavy (non-hydrogen) atoms. The van der Waals surface area contributed by atoms with Gasteiger partial charge in [-0.2, -0.15) is 0 Å². The highest BCUT2D eigenvalue weighted by Crippen LogP contribution is 2.30. The Morgan fingerprint density at radius 3 is 2.12 bits per heavy atom. The second-order valence-electron chi connectivity index (χ2n) is 10.0. The van der Waals surface area contributed by atoms with Crippen LogP contribution in [0.2, 0.25) is 0 Å². The monoisotopic (exact) mass is 561 g/mol. The normalized spacial score (nSPS) is 15.2. The van der Waals surface area contributed by atoms with Gasteiger partial charge in [0.15, 0.2) is 0 Å². The van der Waals surface area contributed by atoms with E-state index in [0.29, 0.717) is 6.42 Å². The Bertz CT molecular complexity index is 1440. The van der Waals surface area contributed by atoms with Crippen molar-refractivity contribution in [3.05, 3.63) is 102 Å². The molecule has 1 heterocycles. The van der Waals surface area contributed by atoms with Crippen LogP contribution in [0.5, 0.6) is 0 Å². The van der Waals surface area contributed by atoms with Crippen molar-refractivity contribution in [1.29, 1.82) is 0 Å². The second-order valence-corrected chi connectivity index (χ2v) is 11.8. The number of amides is 3. The zero-order valence-electron chi connectivity index (χ0n) is 22.8. The maximum Gasteiger partial charge on any atom is 0.269 e. The summed E-state index contributed by atoms with van der Waals surface area (Å²) in [5.74, 6) is -1.11. The quantitative estimate of drug-likeness (QED) is 0.358. The van der Waals surface area contributed by atoms with Crippen LogP contribution in [-0.2, 0) is 32.6 Å².